The molecule has 0 fully saturated rings. The number of benzene rings is 1. The van der Waals surface area contributed by atoms with E-state index in [1.807, 2.05) is 0 Å². The molecule has 0 aliphatic carbocycles. The Morgan fingerprint density at radius 1 is 1.08 bits per heavy atom. The first-order chi connectivity index (χ1) is 11.3. The molecule has 0 unspecified atom stereocenters. The Morgan fingerprint density at radius 2 is 1.75 bits per heavy atom. The Morgan fingerprint density at radius 3 is 2.29 bits per heavy atom. The molecule has 2 aromatic heterocycles. The second kappa shape index (κ2) is 5.79. The van der Waals surface area contributed by atoms with Crippen LogP contribution in [0.4, 0.5) is 17.6 Å². The number of amides is 1. The highest BCUT2D eigenvalue weighted by Crippen LogP contribution is 2.37. The minimum atomic E-state index is -4.69. The average Bonchev–Trinajstić information content (AvgIpc) is 3.14. The minimum absolute atomic E-state index is 0.409. The zero-order chi connectivity index (χ0) is 17.5. The molecular weight excluding hydrogens is 344 g/mol. The fourth-order valence-electron chi connectivity index (χ4n) is 2.34. The summed E-state index contributed by atoms with van der Waals surface area (Å²) in [5, 5.41) is 1.70. The molecule has 3 aromatic rings. The molecule has 0 saturated carbocycles. The van der Waals surface area contributed by atoms with Crippen LogP contribution in [-0.4, -0.2) is 10.5 Å². The van der Waals surface area contributed by atoms with Gasteiger partial charge in [0.15, 0.2) is 0 Å². The van der Waals surface area contributed by atoms with Crippen LogP contribution >= 0.6 is 11.3 Å². The van der Waals surface area contributed by atoms with E-state index in [2.05, 4.69) is 0 Å². The number of carbonyl (C=O) groups is 1. The van der Waals surface area contributed by atoms with E-state index in [4.69, 9.17) is 5.73 Å². The summed E-state index contributed by atoms with van der Waals surface area (Å²) in [7, 11) is 0. The number of hydrogen-bond acceptors (Lipinski definition) is 2. The average molecular weight is 354 g/mol. The van der Waals surface area contributed by atoms with Gasteiger partial charge in [0.05, 0.1) is 21.7 Å². The molecule has 24 heavy (non-hydrogen) atoms. The summed E-state index contributed by atoms with van der Waals surface area (Å²) in [5.41, 5.74) is 4.47. The highest BCUT2D eigenvalue weighted by Gasteiger charge is 2.36. The van der Waals surface area contributed by atoms with Crippen LogP contribution in [0.3, 0.4) is 0 Å². The normalized spacial score (nSPS) is 11.7. The minimum Gasteiger partial charge on any atom is -0.366 e. The van der Waals surface area contributed by atoms with E-state index in [0.717, 1.165) is 12.4 Å². The number of carbonyl (C=O) groups excluding carboxylic acids is 1. The number of alkyl halides is 3. The van der Waals surface area contributed by atoms with E-state index < -0.39 is 29.0 Å². The maximum Gasteiger partial charge on any atom is 0.418 e. The number of primary amides is 1. The molecule has 0 atom stereocenters. The van der Waals surface area contributed by atoms with Crippen molar-refractivity contribution in [2.75, 3.05) is 0 Å². The van der Waals surface area contributed by atoms with E-state index in [1.165, 1.54) is 40.2 Å². The van der Waals surface area contributed by atoms with Gasteiger partial charge >= 0.3 is 6.18 Å². The van der Waals surface area contributed by atoms with Crippen molar-refractivity contribution < 1.29 is 22.4 Å². The van der Waals surface area contributed by atoms with Crippen molar-refractivity contribution in [3.05, 3.63) is 65.0 Å². The second-order valence-electron chi connectivity index (χ2n) is 5.00. The molecule has 1 aromatic carbocycles. The third kappa shape index (κ3) is 2.92. The molecule has 2 N–H and O–H groups in total. The van der Waals surface area contributed by atoms with Crippen molar-refractivity contribution in [3.8, 4) is 16.1 Å². The van der Waals surface area contributed by atoms with Crippen molar-refractivity contribution in [2.24, 2.45) is 5.73 Å². The summed E-state index contributed by atoms with van der Waals surface area (Å²) in [6.45, 7) is 0. The zero-order valence-electron chi connectivity index (χ0n) is 12.0. The lowest BCUT2D eigenvalue weighted by Crippen LogP contribution is -2.16. The molecule has 1 amide bonds. The number of rotatable bonds is 3. The molecule has 3 rings (SSSR count). The predicted octanol–water partition coefficient (Wildman–Crippen LogP) is 4.46. The summed E-state index contributed by atoms with van der Waals surface area (Å²) >= 11 is 1.29. The molecule has 0 aliphatic rings. The maximum absolute atomic E-state index is 13.1. The monoisotopic (exact) mass is 354 g/mol. The lowest BCUT2D eigenvalue weighted by atomic mass is 10.1. The lowest BCUT2D eigenvalue weighted by molar-refractivity contribution is -0.137. The van der Waals surface area contributed by atoms with Gasteiger partial charge in [-0.3, -0.25) is 4.79 Å². The van der Waals surface area contributed by atoms with Crippen LogP contribution < -0.4 is 5.73 Å². The lowest BCUT2D eigenvalue weighted by Gasteiger charge is -2.06. The highest BCUT2D eigenvalue weighted by atomic mass is 32.1. The summed E-state index contributed by atoms with van der Waals surface area (Å²) < 4.78 is 53.5. The summed E-state index contributed by atoms with van der Waals surface area (Å²) in [5.74, 6) is -1.56. The van der Waals surface area contributed by atoms with Crippen molar-refractivity contribution in [1.29, 1.82) is 0 Å². The van der Waals surface area contributed by atoms with Gasteiger partial charge in [0.2, 0.25) is 0 Å². The van der Waals surface area contributed by atoms with Crippen LogP contribution in [0.25, 0.3) is 16.1 Å². The van der Waals surface area contributed by atoms with Crippen molar-refractivity contribution in [1.82, 2.24) is 4.57 Å². The Kier molecular flexibility index (Phi) is 3.92. The molecule has 0 saturated heterocycles. The fraction of sp³-hybridized carbons (Fsp3) is 0.0625. The quantitative estimate of drug-likeness (QED) is 0.694. The Balaban J connectivity index is 2.13. The molecule has 3 nitrogen and oxygen atoms in total. The van der Waals surface area contributed by atoms with Crippen molar-refractivity contribution in [3.63, 3.8) is 0 Å². The molecule has 0 radical (unpaired) electrons. The van der Waals surface area contributed by atoms with E-state index in [-0.39, 0.29) is 0 Å². The van der Waals surface area contributed by atoms with Crippen LogP contribution in [0.5, 0.6) is 0 Å². The van der Waals surface area contributed by atoms with Crippen LogP contribution in [0.1, 0.15) is 15.9 Å². The Labute approximate surface area is 137 Å². The number of nitrogens with zero attached hydrogens (tertiary/aromatic N) is 1. The van der Waals surface area contributed by atoms with Gasteiger partial charge in [-0.2, -0.15) is 13.2 Å². The first kappa shape index (κ1) is 16.3. The number of nitrogens with two attached hydrogens (primary N) is 1. The number of thiophene rings is 1. The van der Waals surface area contributed by atoms with Crippen molar-refractivity contribution >= 4 is 17.2 Å². The van der Waals surface area contributed by atoms with Gasteiger partial charge in [-0.05, 0) is 29.1 Å². The molecule has 8 heteroatoms. The molecule has 124 valence electrons. The van der Waals surface area contributed by atoms with Gasteiger partial charge in [-0.25, -0.2) is 4.39 Å². The molecule has 0 aliphatic heterocycles. The largest absolute Gasteiger partial charge is 0.418 e. The van der Waals surface area contributed by atoms with Gasteiger partial charge in [0.1, 0.15) is 5.82 Å². The van der Waals surface area contributed by atoms with Crippen LogP contribution in [0, 0.1) is 5.82 Å². The zero-order valence-corrected chi connectivity index (χ0v) is 12.8. The smallest absolute Gasteiger partial charge is 0.366 e. The summed E-state index contributed by atoms with van der Waals surface area (Å²) in [6.07, 6.45) is -2.81. The highest BCUT2D eigenvalue weighted by molar-refractivity contribution is 7.14. The molecular formula is C16H10F4N2OS. The third-order valence-electron chi connectivity index (χ3n) is 3.43. The predicted molar refractivity (Wildman–Crippen MR) is 82.6 cm³/mol. The third-order valence-corrected chi connectivity index (χ3v) is 4.38. The van der Waals surface area contributed by atoms with E-state index >= 15 is 0 Å². The summed E-state index contributed by atoms with van der Waals surface area (Å²) in [6, 6.07) is 7.23. The number of halogens is 4. The van der Waals surface area contributed by atoms with Crippen LogP contribution in [0.15, 0.2) is 48.1 Å². The van der Waals surface area contributed by atoms with Gasteiger partial charge < -0.3 is 10.3 Å². The summed E-state index contributed by atoms with van der Waals surface area (Å²) in [4.78, 5) is 12.0. The number of hydrogen-bond donors (Lipinski definition) is 1. The Hall–Kier alpha value is -2.61. The first-order valence-corrected chi connectivity index (χ1v) is 7.58. The fourth-order valence-corrected chi connectivity index (χ4v) is 3.24. The standard InChI is InChI=1S/C16H10F4N2OS/c17-10-3-1-9(2-4-10)14-13(5-6-24-14)22-7-11(15(21)23)12(8-22)16(18,19)20/h1-8H,(H2,21,23). The molecule has 0 bridgehead atoms. The van der Waals surface area contributed by atoms with Crippen molar-refractivity contribution in [2.45, 2.75) is 6.18 Å². The van der Waals surface area contributed by atoms with Gasteiger partial charge in [0, 0.05) is 12.4 Å². The maximum atomic E-state index is 13.1. The van der Waals surface area contributed by atoms with Crippen LogP contribution in [0.2, 0.25) is 0 Å². The Bertz CT molecular complexity index is 894. The topological polar surface area (TPSA) is 48.0 Å². The SMILES string of the molecule is NC(=O)c1cn(-c2ccsc2-c2ccc(F)cc2)cc1C(F)(F)F. The van der Waals surface area contributed by atoms with E-state index in [9.17, 15) is 22.4 Å². The van der Waals surface area contributed by atoms with Gasteiger partial charge in [0.25, 0.3) is 5.91 Å². The first-order valence-electron chi connectivity index (χ1n) is 6.70. The molecule has 2 heterocycles. The van der Waals surface area contributed by atoms with Crippen LogP contribution in [-0.2, 0) is 6.18 Å². The van der Waals surface area contributed by atoms with Gasteiger partial charge in [-0.1, -0.05) is 12.1 Å². The van der Waals surface area contributed by atoms with Gasteiger partial charge in [-0.15, -0.1) is 11.3 Å². The van der Waals surface area contributed by atoms with E-state index in [1.54, 1.807) is 11.4 Å². The molecule has 0 spiro atoms. The number of aromatic nitrogens is 1. The second-order valence-corrected chi connectivity index (χ2v) is 5.91. The van der Waals surface area contributed by atoms with E-state index in [0.29, 0.717) is 16.1 Å².